The molecule has 2 rings (SSSR count). The SMILES string of the molecule is O=C(Cc1cccc(F)c1F)Nc1ccc(C(=O)O)cc1. The molecule has 0 radical (unpaired) electrons. The predicted molar refractivity (Wildman–Crippen MR) is 72.1 cm³/mol. The van der Waals surface area contributed by atoms with Crippen LogP contribution in [0.1, 0.15) is 15.9 Å². The van der Waals surface area contributed by atoms with Gasteiger partial charge in [0.2, 0.25) is 5.91 Å². The van der Waals surface area contributed by atoms with E-state index in [-0.39, 0.29) is 17.5 Å². The highest BCUT2D eigenvalue weighted by atomic mass is 19.2. The van der Waals surface area contributed by atoms with Gasteiger partial charge in [-0.3, -0.25) is 4.79 Å². The van der Waals surface area contributed by atoms with Gasteiger partial charge in [0.15, 0.2) is 11.6 Å². The molecule has 108 valence electrons. The summed E-state index contributed by atoms with van der Waals surface area (Å²) < 4.78 is 26.4. The summed E-state index contributed by atoms with van der Waals surface area (Å²) in [6, 6.07) is 9.13. The van der Waals surface area contributed by atoms with Crippen molar-refractivity contribution in [2.75, 3.05) is 5.32 Å². The number of hydrogen-bond donors (Lipinski definition) is 2. The van der Waals surface area contributed by atoms with Crippen LogP contribution < -0.4 is 5.32 Å². The van der Waals surface area contributed by atoms with Gasteiger partial charge in [-0.1, -0.05) is 12.1 Å². The molecular weight excluding hydrogens is 280 g/mol. The number of aromatic carboxylic acids is 1. The minimum absolute atomic E-state index is 0.0466. The molecule has 0 fully saturated rings. The number of hydrogen-bond acceptors (Lipinski definition) is 2. The third-order valence-corrected chi connectivity index (χ3v) is 2.80. The molecule has 2 aromatic carbocycles. The molecule has 21 heavy (non-hydrogen) atoms. The lowest BCUT2D eigenvalue weighted by Crippen LogP contribution is -2.15. The Morgan fingerprint density at radius 2 is 1.71 bits per heavy atom. The second-order valence-corrected chi connectivity index (χ2v) is 4.32. The number of benzene rings is 2. The van der Waals surface area contributed by atoms with Gasteiger partial charge in [0.1, 0.15) is 0 Å². The first-order valence-electron chi connectivity index (χ1n) is 6.03. The molecule has 0 saturated carbocycles. The fraction of sp³-hybridized carbons (Fsp3) is 0.0667. The van der Waals surface area contributed by atoms with Gasteiger partial charge in [-0.2, -0.15) is 0 Å². The Bertz CT molecular complexity index is 684. The molecular formula is C15H11F2NO3. The minimum atomic E-state index is -1.07. The van der Waals surface area contributed by atoms with Crippen LogP contribution in [0.25, 0.3) is 0 Å². The van der Waals surface area contributed by atoms with Crippen molar-refractivity contribution < 1.29 is 23.5 Å². The Hall–Kier alpha value is -2.76. The summed E-state index contributed by atoms with van der Waals surface area (Å²) in [4.78, 5) is 22.4. The summed E-state index contributed by atoms with van der Waals surface area (Å²) in [7, 11) is 0. The summed E-state index contributed by atoms with van der Waals surface area (Å²) in [6.45, 7) is 0. The van der Waals surface area contributed by atoms with Crippen molar-refractivity contribution in [3.63, 3.8) is 0 Å². The third-order valence-electron chi connectivity index (χ3n) is 2.80. The zero-order valence-electron chi connectivity index (χ0n) is 10.8. The predicted octanol–water partition coefficient (Wildman–Crippen LogP) is 2.84. The number of anilines is 1. The van der Waals surface area contributed by atoms with Gasteiger partial charge in [0, 0.05) is 11.3 Å². The van der Waals surface area contributed by atoms with E-state index in [1.165, 1.54) is 36.4 Å². The molecule has 2 aromatic rings. The Balaban J connectivity index is 2.04. The van der Waals surface area contributed by atoms with Crippen LogP contribution in [-0.2, 0) is 11.2 Å². The first-order chi connectivity index (χ1) is 9.97. The highest BCUT2D eigenvalue weighted by Crippen LogP contribution is 2.14. The van der Waals surface area contributed by atoms with E-state index in [4.69, 9.17) is 5.11 Å². The minimum Gasteiger partial charge on any atom is -0.478 e. The monoisotopic (exact) mass is 291 g/mol. The van der Waals surface area contributed by atoms with Crippen molar-refractivity contribution >= 4 is 17.6 Å². The van der Waals surface area contributed by atoms with E-state index in [2.05, 4.69) is 5.32 Å². The normalized spacial score (nSPS) is 10.2. The lowest BCUT2D eigenvalue weighted by molar-refractivity contribution is -0.115. The van der Waals surface area contributed by atoms with E-state index < -0.39 is 23.5 Å². The lowest BCUT2D eigenvalue weighted by atomic mass is 10.1. The van der Waals surface area contributed by atoms with Crippen LogP contribution in [0, 0.1) is 11.6 Å². The van der Waals surface area contributed by atoms with Crippen molar-refractivity contribution in [1.29, 1.82) is 0 Å². The number of amides is 1. The van der Waals surface area contributed by atoms with Crippen LogP contribution in [0.2, 0.25) is 0 Å². The van der Waals surface area contributed by atoms with Crippen LogP contribution >= 0.6 is 0 Å². The average molecular weight is 291 g/mol. The quantitative estimate of drug-likeness (QED) is 0.910. The standard InChI is InChI=1S/C15H11F2NO3/c16-12-3-1-2-10(14(12)17)8-13(19)18-11-6-4-9(5-7-11)15(20)21/h1-7H,8H2,(H,18,19)(H,20,21). The Kier molecular flexibility index (Phi) is 4.27. The molecule has 6 heteroatoms. The van der Waals surface area contributed by atoms with Gasteiger partial charge in [0.25, 0.3) is 0 Å². The van der Waals surface area contributed by atoms with E-state index in [1.54, 1.807) is 0 Å². The molecule has 0 aliphatic carbocycles. The number of halogens is 2. The van der Waals surface area contributed by atoms with Gasteiger partial charge in [-0.15, -0.1) is 0 Å². The molecule has 0 aliphatic rings. The van der Waals surface area contributed by atoms with Crippen molar-refractivity contribution in [2.45, 2.75) is 6.42 Å². The van der Waals surface area contributed by atoms with E-state index >= 15 is 0 Å². The molecule has 1 amide bonds. The van der Waals surface area contributed by atoms with Crippen LogP contribution in [0.5, 0.6) is 0 Å². The highest BCUT2D eigenvalue weighted by molar-refractivity contribution is 5.93. The van der Waals surface area contributed by atoms with Gasteiger partial charge in [-0.25, -0.2) is 13.6 Å². The van der Waals surface area contributed by atoms with Crippen LogP contribution in [0.4, 0.5) is 14.5 Å². The molecule has 0 aliphatic heterocycles. The van der Waals surface area contributed by atoms with E-state index in [9.17, 15) is 18.4 Å². The molecule has 0 aromatic heterocycles. The molecule has 0 bridgehead atoms. The number of carbonyl (C=O) groups is 2. The van der Waals surface area contributed by atoms with Crippen LogP contribution in [0.3, 0.4) is 0 Å². The van der Waals surface area contributed by atoms with Crippen molar-refractivity contribution in [3.8, 4) is 0 Å². The zero-order chi connectivity index (χ0) is 15.4. The Morgan fingerprint density at radius 1 is 1.05 bits per heavy atom. The largest absolute Gasteiger partial charge is 0.478 e. The number of nitrogens with one attached hydrogen (secondary N) is 1. The van der Waals surface area contributed by atoms with Crippen molar-refractivity contribution in [2.24, 2.45) is 0 Å². The number of carboxylic acids is 1. The summed E-state index contributed by atoms with van der Waals surface area (Å²) in [5, 5.41) is 11.2. The Morgan fingerprint density at radius 3 is 2.33 bits per heavy atom. The summed E-state index contributed by atoms with van der Waals surface area (Å²) in [6.07, 6.45) is -0.315. The number of rotatable bonds is 4. The molecule has 0 unspecified atom stereocenters. The lowest BCUT2D eigenvalue weighted by Gasteiger charge is -2.06. The van der Waals surface area contributed by atoms with E-state index in [0.29, 0.717) is 5.69 Å². The van der Waals surface area contributed by atoms with Crippen LogP contribution in [0.15, 0.2) is 42.5 Å². The summed E-state index contributed by atoms with van der Waals surface area (Å²) >= 11 is 0. The maximum Gasteiger partial charge on any atom is 0.335 e. The average Bonchev–Trinajstić information content (AvgIpc) is 2.44. The fourth-order valence-corrected chi connectivity index (χ4v) is 1.76. The first-order valence-corrected chi connectivity index (χ1v) is 6.03. The second kappa shape index (κ2) is 6.13. The maximum atomic E-state index is 13.4. The van der Waals surface area contributed by atoms with Gasteiger partial charge < -0.3 is 10.4 Å². The van der Waals surface area contributed by atoms with Crippen LogP contribution in [-0.4, -0.2) is 17.0 Å². The fourth-order valence-electron chi connectivity index (χ4n) is 1.76. The van der Waals surface area contributed by atoms with Gasteiger partial charge in [0.05, 0.1) is 12.0 Å². The number of carboxylic acid groups (broad SMARTS) is 1. The molecule has 0 saturated heterocycles. The molecule has 0 spiro atoms. The first kappa shape index (κ1) is 14.6. The molecule has 2 N–H and O–H groups in total. The second-order valence-electron chi connectivity index (χ2n) is 4.32. The topological polar surface area (TPSA) is 66.4 Å². The molecule has 0 atom stereocenters. The van der Waals surface area contributed by atoms with Gasteiger partial charge >= 0.3 is 5.97 Å². The summed E-state index contributed by atoms with van der Waals surface area (Å²) in [5.74, 6) is -3.66. The van der Waals surface area contributed by atoms with E-state index in [1.807, 2.05) is 0 Å². The Labute approximate surface area is 119 Å². The highest BCUT2D eigenvalue weighted by Gasteiger charge is 2.12. The van der Waals surface area contributed by atoms with Gasteiger partial charge in [-0.05, 0) is 30.3 Å². The van der Waals surface area contributed by atoms with Crippen molar-refractivity contribution in [3.05, 3.63) is 65.2 Å². The number of carbonyl (C=O) groups excluding carboxylic acids is 1. The smallest absolute Gasteiger partial charge is 0.335 e. The zero-order valence-corrected chi connectivity index (χ0v) is 10.8. The van der Waals surface area contributed by atoms with Crippen molar-refractivity contribution in [1.82, 2.24) is 0 Å². The summed E-state index contributed by atoms with van der Waals surface area (Å²) in [5.41, 5.74) is 0.417. The maximum absolute atomic E-state index is 13.4. The molecule has 4 nitrogen and oxygen atoms in total. The van der Waals surface area contributed by atoms with E-state index in [0.717, 1.165) is 6.07 Å². The molecule has 0 heterocycles. The third kappa shape index (κ3) is 3.62.